The molecule has 5 heteroatoms. The second-order valence-corrected chi connectivity index (χ2v) is 2.66. The Morgan fingerprint density at radius 3 is 2.82 bits per heavy atom. The molecule has 0 bridgehead atoms. The molecule has 0 unspecified atom stereocenters. The van der Waals surface area contributed by atoms with Gasteiger partial charge in [-0.2, -0.15) is 0 Å². The summed E-state index contributed by atoms with van der Waals surface area (Å²) in [7, 11) is 0. The van der Waals surface area contributed by atoms with Crippen LogP contribution in [0.15, 0.2) is 9.19 Å². The van der Waals surface area contributed by atoms with Gasteiger partial charge >= 0.3 is 5.97 Å². The van der Waals surface area contributed by atoms with E-state index in [1.807, 2.05) is 6.92 Å². The molecule has 0 amide bonds. The number of halogens is 1. The Balaban J connectivity index is 3.17. The van der Waals surface area contributed by atoms with E-state index in [1.165, 1.54) is 0 Å². The average molecular weight is 220 g/mol. The highest BCUT2D eigenvalue weighted by Gasteiger charge is 2.18. The summed E-state index contributed by atoms with van der Waals surface area (Å²) in [4.78, 5) is 10.5. The summed E-state index contributed by atoms with van der Waals surface area (Å²) in [6.45, 7) is 1.82. The van der Waals surface area contributed by atoms with Gasteiger partial charge in [-0.05, 0) is 22.4 Å². The molecular formula is C6H6BrNO3. The minimum atomic E-state index is -1.02. The van der Waals surface area contributed by atoms with Gasteiger partial charge < -0.3 is 9.63 Å². The van der Waals surface area contributed by atoms with Crippen LogP contribution in [0.5, 0.6) is 0 Å². The summed E-state index contributed by atoms with van der Waals surface area (Å²) in [6.07, 6.45) is 0.552. The van der Waals surface area contributed by atoms with Crippen LogP contribution >= 0.6 is 15.9 Å². The van der Waals surface area contributed by atoms with Crippen molar-refractivity contribution in [3.8, 4) is 0 Å². The molecule has 1 aromatic rings. The van der Waals surface area contributed by atoms with Crippen LogP contribution in [0.1, 0.15) is 23.0 Å². The van der Waals surface area contributed by atoms with E-state index in [1.54, 1.807) is 0 Å². The number of carboxylic acids is 1. The van der Waals surface area contributed by atoms with Gasteiger partial charge in [-0.3, -0.25) is 0 Å². The van der Waals surface area contributed by atoms with Crippen LogP contribution < -0.4 is 0 Å². The zero-order valence-electron chi connectivity index (χ0n) is 5.80. The van der Waals surface area contributed by atoms with Crippen LogP contribution in [0.2, 0.25) is 0 Å². The van der Waals surface area contributed by atoms with Crippen molar-refractivity contribution >= 4 is 21.9 Å². The first-order valence-electron chi connectivity index (χ1n) is 3.04. The summed E-state index contributed by atoms with van der Waals surface area (Å²) in [6, 6.07) is 0. The number of nitrogens with zero attached hydrogens (tertiary/aromatic N) is 1. The fourth-order valence-electron chi connectivity index (χ4n) is 0.749. The highest BCUT2D eigenvalue weighted by Crippen LogP contribution is 2.20. The maximum Gasteiger partial charge on any atom is 0.342 e. The SMILES string of the molecule is CCc1noc(Br)c1C(=O)O. The molecule has 4 nitrogen and oxygen atoms in total. The number of aryl methyl sites for hydroxylation is 1. The average Bonchev–Trinajstić information content (AvgIpc) is 2.30. The summed E-state index contributed by atoms with van der Waals surface area (Å²) in [5.74, 6) is -1.02. The highest BCUT2D eigenvalue weighted by atomic mass is 79.9. The van der Waals surface area contributed by atoms with Gasteiger partial charge in [0.2, 0.25) is 4.67 Å². The third kappa shape index (κ3) is 1.42. The monoisotopic (exact) mass is 219 g/mol. The maximum absolute atomic E-state index is 10.5. The number of carbonyl (C=O) groups is 1. The fraction of sp³-hybridized carbons (Fsp3) is 0.333. The minimum absolute atomic E-state index is 0.118. The topological polar surface area (TPSA) is 63.3 Å². The molecule has 11 heavy (non-hydrogen) atoms. The van der Waals surface area contributed by atoms with Crippen LogP contribution in [0.3, 0.4) is 0 Å². The van der Waals surface area contributed by atoms with Crippen molar-refractivity contribution in [1.29, 1.82) is 0 Å². The van der Waals surface area contributed by atoms with Crippen LogP contribution in [0.4, 0.5) is 0 Å². The normalized spacial score (nSPS) is 10.0. The first kappa shape index (κ1) is 8.26. The standard InChI is InChI=1S/C6H6BrNO3/c1-2-3-4(6(9)10)5(7)11-8-3/h2H2,1H3,(H,9,10). The molecule has 60 valence electrons. The number of rotatable bonds is 2. The van der Waals surface area contributed by atoms with Crippen LogP contribution in [-0.4, -0.2) is 16.2 Å². The summed E-state index contributed by atoms with van der Waals surface area (Å²) < 4.78 is 4.82. The number of hydrogen-bond acceptors (Lipinski definition) is 3. The zero-order valence-corrected chi connectivity index (χ0v) is 7.38. The first-order valence-corrected chi connectivity index (χ1v) is 3.83. The predicted molar refractivity (Wildman–Crippen MR) is 40.5 cm³/mol. The molecular weight excluding hydrogens is 214 g/mol. The largest absolute Gasteiger partial charge is 0.477 e. The molecule has 1 N–H and O–H groups in total. The smallest absolute Gasteiger partial charge is 0.342 e. The molecule has 0 aromatic carbocycles. The number of carboxylic acid groups (broad SMARTS) is 1. The van der Waals surface area contributed by atoms with E-state index in [2.05, 4.69) is 25.6 Å². The Bertz CT molecular complexity index is 281. The molecule has 1 aromatic heterocycles. The number of aromatic nitrogens is 1. The molecule has 0 spiro atoms. The Morgan fingerprint density at radius 2 is 2.45 bits per heavy atom. The third-order valence-electron chi connectivity index (χ3n) is 1.27. The minimum Gasteiger partial charge on any atom is -0.477 e. The summed E-state index contributed by atoms with van der Waals surface area (Å²) in [5, 5.41) is 12.2. The van der Waals surface area contributed by atoms with E-state index in [0.29, 0.717) is 12.1 Å². The Hall–Kier alpha value is -0.840. The van der Waals surface area contributed by atoms with Crippen LogP contribution in [0, 0.1) is 0 Å². The third-order valence-corrected chi connectivity index (χ3v) is 1.81. The molecule has 0 saturated carbocycles. The highest BCUT2D eigenvalue weighted by molar-refractivity contribution is 9.10. The molecule has 0 aliphatic carbocycles. The van der Waals surface area contributed by atoms with Crippen molar-refractivity contribution in [2.45, 2.75) is 13.3 Å². The van der Waals surface area contributed by atoms with E-state index in [4.69, 9.17) is 5.11 Å². The van der Waals surface area contributed by atoms with E-state index in [-0.39, 0.29) is 10.2 Å². The van der Waals surface area contributed by atoms with Gasteiger partial charge in [-0.25, -0.2) is 4.79 Å². The zero-order chi connectivity index (χ0) is 8.43. The van der Waals surface area contributed by atoms with Crippen molar-refractivity contribution in [3.05, 3.63) is 15.9 Å². The molecule has 0 atom stereocenters. The van der Waals surface area contributed by atoms with E-state index >= 15 is 0 Å². The summed E-state index contributed by atoms with van der Waals surface area (Å²) >= 11 is 2.95. The quantitative estimate of drug-likeness (QED) is 0.823. The number of aromatic carboxylic acids is 1. The van der Waals surface area contributed by atoms with Gasteiger partial charge in [-0.1, -0.05) is 12.1 Å². The predicted octanol–water partition coefficient (Wildman–Crippen LogP) is 1.70. The lowest BCUT2D eigenvalue weighted by Gasteiger charge is -1.89. The van der Waals surface area contributed by atoms with Gasteiger partial charge in [-0.15, -0.1) is 0 Å². The van der Waals surface area contributed by atoms with E-state index < -0.39 is 5.97 Å². The molecule has 1 heterocycles. The number of hydrogen-bond donors (Lipinski definition) is 1. The van der Waals surface area contributed by atoms with Crippen LogP contribution in [0.25, 0.3) is 0 Å². The lowest BCUT2D eigenvalue weighted by atomic mass is 10.2. The van der Waals surface area contributed by atoms with Crippen molar-refractivity contribution in [2.24, 2.45) is 0 Å². The van der Waals surface area contributed by atoms with Crippen molar-refractivity contribution in [2.75, 3.05) is 0 Å². The van der Waals surface area contributed by atoms with Gasteiger partial charge in [0.25, 0.3) is 0 Å². The molecule has 0 fully saturated rings. The van der Waals surface area contributed by atoms with Crippen molar-refractivity contribution < 1.29 is 14.4 Å². The Morgan fingerprint density at radius 1 is 1.82 bits per heavy atom. The summed E-state index contributed by atoms with van der Waals surface area (Å²) in [5.41, 5.74) is 0.580. The van der Waals surface area contributed by atoms with Crippen LogP contribution in [-0.2, 0) is 6.42 Å². The second kappa shape index (κ2) is 3.04. The molecule has 0 aliphatic heterocycles. The molecule has 0 aliphatic rings. The van der Waals surface area contributed by atoms with Gasteiger partial charge in [0, 0.05) is 0 Å². The van der Waals surface area contributed by atoms with E-state index in [0.717, 1.165) is 0 Å². The fourth-order valence-corrected chi connectivity index (χ4v) is 1.22. The van der Waals surface area contributed by atoms with Crippen molar-refractivity contribution in [3.63, 3.8) is 0 Å². The molecule has 0 radical (unpaired) electrons. The lowest BCUT2D eigenvalue weighted by molar-refractivity contribution is 0.0694. The Kier molecular flexibility index (Phi) is 2.28. The molecule has 0 saturated heterocycles. The second-order valence-electron chi connectivity index (χ2n) is 1.94. The first-order chi connectivity index (χ1) is 5.16. The van der Waals surface area contributed by atoms with E-state index in [9.17, 15) is 4.79 Å². The maximum atomic E-state index is 10.5. The van der Waals surface area contributed by atoms with Gasteiger partial charge in [0.05, 0.1) is 5.69 Å². The molecule has 1 rings (SSSR count). The Labute approximate surface area is 71.3 Å². The van der Waals surface area contributed by atoms with Gasteiger partial charge in [0.15, 0.2) is 0 Å². The lowest BCUT2D eigenvalue weighted by Crippen LogP contribution is -1.99. The van der Waals surface area contributed by atoms with Gasteiger partial charge in [0.1, 0.15) is 5.56 Å². The van der Waals surface area contributed by atoms with Crippen molar-refractivity contribution in [1.82, 2.24) is 5.16 Å².